The van der Waals surface area contributed by atoms with Crippen LogP contribution in [0.2, 0.25) is 0 Å². The molecule has 0 aliphatic rings. The molecule has 2 amide bonds. The van der Waals surface area contributed by atoms with Crippen LogP contribution in [0.1, 0.15) is 37.8 Å². The molecule has 4 nitrogen and oxygen atoms in total. The molecule has 0 heterocycles. The average Bonchev–Trinajstić information content (AvgIpc) is 2.46. The van der Waals surface area contributed by atoms with E-state index >= 15 is 0 Å². The predicted octanol–water partition coefficient (Wildman–Crippen LogP) is 2.25. The van der Waals surface area contributed by atoms with Gasteiger partial charge in [0.1, 0.15) is 0 Å². The minimum atomic E-state index is -0.452. The first-order valence-corrected chi connectivity index (χ1v) is 7.43. The molecule has 1 aromatic carbocycles. The Hall–Kier alpha value is -1.55. The summed E-state index contributed by atoms with van der Waals surface area (Å²) in [6.45, 7) is 5.05. The Kier molecular flexibility index (Phi) is 7.73. The topological polar surface area (TPSA) is 61.4 Å². The van der Waals surface area contributed by atoms with Crippen LogP contribution in [0, 0.1) is 0 Å². The normalized spacial score (nSPS) is 11.9. The van der Waals surface area contributed by atoms with Crippen molar-refractivity contribution >= 4 is 6.03 Å². The molecule has 4 heteroatoms. The van der Waals surface area contributed by atoms with E-state index in [1.807, 2.05) is 6.92 Å². The zero-order valence-corrected chi connectivity index (χ0v) is 12.5. The third-order valence-electron chi connectivity index (χ3n) is 3.25. The van der Waals surface area contributed by atoms with Crippen LogP contribution >= 0.6 is 0 Å². The number of aryl methyl sites for hydroxylation is 1. The standard InChI is InChI=1S/C16H26N2O2/c1-3-5-15(19)12-18-16(20)17-11-10-14-8-6-13(4-2)7-9-14/h6-9,15,19H,3-5,10-12H2,1-2H3,(H2,17,18,20). The van der Waals surface area contributed by atoms with Crippen molar-refractivity contribution in [2.45, 2.75) is 45.6 Å². The number of rotatable bonds is 8. The highest BCUT2D eigenvalue weighted by Gasteiger charge is 2.05. The molecular formula is C16H26N2O2. The lowest BCUT2D eigenvalue weighted by atomic mass is 10.1. The van der Waals surface area contributed by atoms with Crippen molar-refractivity contribution in [3.8, 4) is 0 Å². The Morgan fingerprint density at radius 1 is 1.15 bits per heavy atom. The van der Waals surface area contributed by atoms with Crippen LogP contribution in [0.15, 0.2) is 24.3 Å². The maximum atomic E-state index is 11.5. The van der Waals surface area contributed by atoms with Crippen molar-refractivity contribution < 1.29 is 9.90 Å². The Morgan fingerprint density at radius 3 is 2.40 bits per heavy atom. The van der Waals surface area contributed by atoms with Gasteiger partial charge in [-0.3, -0.25) is 0 Å². The molecule has 0 saturated carbocycles. The number of carbonyl (C=O) groups excluding carboxylic acids is 1. The van der Waals surface area contributed by atoms with Gasteiger partial charge in [-0.05, 0) is 30.4 Å². The lowest BCUT2D eigenvalue weighted by Crippen LogP contribution is -2.40. The van der Waals surface area contributed by atoms with Gasteiger partial charge >= 0.3 is 6.03 Å². The smallest absolute Gasteiger partial charge is 0.314 e. The van der Waals surface area contributed by atoms with Gasteiger partial charge in [-0.1, -0.05) is 44.5 Å². The summed E-state index contributed by atoms with van der Waals surface area (Å²) in [6, 6.07) is 8.23. The van der Waals surface area contributed by atoms with Crippen molar-refractivity contribution in [1.29, 1.82) is 0 Å². The number of carbonyl (C=O) groups is 1. The van der Waals surface area contributed by atoms with Gasteiger partial charge in [0.15, 0.2) is 0 Å². The Labute approximate surface area is 121 Å². The number of hydrogen-bond acceptors (Lipinski definition) is 2. The number of nitrogens with one attached hydrogen (secondary N) is 2. The summed E-state index contributed by atoms with van der Waals surface area (Å²) >= 11 is 0. The molecule has 0 aliphatic heterocycles. The summed E-state index contributed by atoms with van der Waals surface area (Å²) in [5.41, 5.74) is 2.54. The fourth-order valence-corrected chi connectivity index (χ4v) is 1.97. The minimum Gasteiger partial charge on any atom is -0.391 e. The molecule has 0 saturated heterocycles. The Balaban J connectivity index is 2.17. The summed E-state index contributed by atoms with van der Waals surface area (Å²) in [7, 11) is 0. The molecule has 0 fully saturated rings. The lowest BCUT2D eigenvalue weighted by molar-refractivity contribution is 0.160. The molecule has 20 heavy (non-hydrogen) atoms. The molecule has 0 spiro atoms. The van der Waals surface area contributed by atoms with E-state index in [9.17, 15) is 9.90 Å². The third-order valence-corrected chi connectivity index (χ3v) is 3.25. The molecule has 1 unspecified atom stereocenters. The Morgan fingerprint density at radius 2 is 1.80 bits per heavy atom. The van der Waals surface area contributed by atoms with Gasteiger partial charge in [-0.2, -0.15) is 0 Å². The number of benzene rings is 1. The van der Waals surface area contributed by atoms with Crippen LogP contribution in [0.4, 0.5) is 4.79 Å². The molecule has 3 N–H and O–H groups in total. The van der Waals surface area contributed by atoms with Gasteiger partial charge in [-0.15, -0.1) is 0 Å². The largest absolute Gasteiger partial charge is 0.391 e. The monoisotopic (exact) mass is 278 g/mol. The van der Waals surface area contributed by atoms with Crippen LogP contribution < -0.4 is 10.6 Å². The maximum absolute atomic E-state index is 11.5. The van der Waals surface area contributed by atoms with Crippen LogP contribution in [0.25, 0.3) is 0 Å². The van der Waals surface area contributed by atoms with Crippen LogP contribution in [0.5, 0.6) is 0 Å². The second-order valence-electron chi connectivity index (χ2n) is 5.00. The van der Waals surface area contributed by atoms with Gasteiger partial charge in [-0.25, -0.2) is 4.79 Å². The quantitative estimate of drug-likeness (QED) is 0.683. The van der Waals surface area contributed by atoms with E-state index in [0.717, 1.165) is 19.3 Å². The summed E-state index contributed by atoms with van der Waals surface area (Å²) < 4.78 is 0. The predicted molar refractivity (Wildman–Crippen MR) is 81.8 cm³/mol. The van der Waals surface area contributed by atoms with E-state index in [2.05, 4.69) is 41.8 Å². The van der Waals surface area contributed by atoms with Gasteiger partial charge in [0.25, 0.3) is 0 Å². The number of urea groups is 1. The first kappa shape index (κ1) is 16.5. The summed E-state index contributed by atoms with van der Waals surface area (Å²) in [6.07, 6.45) is 3.03. The molecule has 0 aliphatic carbocycles. The lowest BCUT2D eigenvalue weighted by Gasteiger charge is -2.11. The van der Waals surface area contributed by atoms with Crippen LogP contribution in [0.3, 0.4) is 0 Å². The number of hydrogen-bond donors (Lipinski definition) is 3. The first-order chi connectivity index (χ1) is 9.65. The highest BCUT2D eigenvalue weighted by Crippen LogP contribution is 2.05. The van der Waals surface area contributed by atoms with Crippen molar-refractivity contribution in [2.75, 3.05) is 13.1 Å². The molecule has 0 radical (unpaired) electrons. The third kappa shape index (κ3) is 6.57. The van der Waals surface area contributed by atoms with Crippen molar-refractivity contribution in [1.82, 2.24) is 10.6 Å². The average molecular weight is 278 g/mol. The van der Waals surface area contributed by atoms with Gasteiger partial charge < -0.3 is 15.7 Å². The van der Waals surface area contributed by atoms with E-state index in [0.29, 0.717) is 19.5 Å². The number of amides is 2. The molecule has 0 aromatic heterocycles. The van der Waals surface area contributed by atoms with E-state index in [1.165, 1.54) is 11.1 Å². The van der Waals surface area contributed by atoms with E-state index in [-0.39, 0.29) is 6.03 Å². The zero-order chi connectivity index (χ0) is 14.8. The van der Waals surface area contributed by atoms with Gasteiger partial charge in [0.2, 0.25) is 0 Å². The second-order valence-corrected chi connectivity index (χ2v) is 5.00. The number of aliphatic hydroxyl groups excluding tert-OH is 1. The highest BCUT2D eigenvalue weighted by molar-refractivity contribution is 5.73. The summed E-state index contributed by atoms with van der Waals surface area (Å²) in [5, 5.41) is 15.0. The maximum Gasteiger partial charge on any atom is 0.314 e. The highest BCUT2D eigenvalue weighted by atomic mass is 16.3. The molecule has 1 aromatic rings. The van der Waals surface area contributed by atoms with E-state index < -0.39 is 6.10 Å². The minimum absolute atomic E-state index is 0.217. The van der Waals surface area contributed by atoms with E-state index in [4.69, 9.17) is 0 Å². The molecule has 112 valence electrons. The fourth-order valence-electron chi connectivity index (χ4n) is 1.97. The van der Waals surface area contributed by atoms with Crippen molar-refractivity contribution in [3.05, 3.63) is 35.4 Å². The SMILES string of the molecule is CCCC(O)CNC(=O)NCCc1ccc(CC)cc1. The summed E-state index contributed by atoms with van der Waals surface area (Å²) in [5.74, 6) is 0. The van der Waals surface area contributed by atoms with Crippen LogP contribution in [-0.4, -0.2) is 30.3 Å². The van der Waals surface area contributed by atoms with Crippen LogP contribution in [-0.2, 0) is 12.8 Å². The van der Waals surface area contributed by atoms with Gasteiger partial charge in [0, 0.05) is 13.1 Å². The fraction of sp³-hybridized carbons (Fsp3) is 0.562. The van der Waals surface area contributed by atoms with E-state index in [1.54, 1.807) is 0 Å². The zero-order valence-electron chi connectivity index (χ0n) is 12.5. The number of aliphatic hydroxyl groups is 1. The molecular weight excluding hydrogens is 252 g/mol. The first-order valence-electron chi connectivity index (χ1n) is 7.43. The molecule has 1 rings (SSSR count). The van der Waals surface area contributed by atoms with Gasteiger partial charge in [0.05, 0.1) is 6.10 Å². The summed E-state index contributed by atoms with van der Waals surface area (Å²) in [4.78, 5) is 11.5. The molecule has 1 atom stereocenters. The second kappa shape index (κ2) is 9.37. The van der Waals surface area contributed by atoms with Crippen molar-refractivity contribution in [3.63, 3.8) is 0 Å². The molecule has 0 bridgehead atoms. The van der Waals surface area contributed by atoms with Crippen molar-refractivity contribution in [2.24, 2.45) is 0 Å². The Bertz CT molecular complexity index is 390.